The van der Waals surface area contributed by atoms with Crippen LogP contribution in [0.4, 0.5) is 0 Å². The van der Waals surface area contributed by atoms with E-state index in [4.69, 9.17) is 0 Å². The van der Waals surface area contributed by atoms with Crippen LogP contribution < -0.4 is 0 Å². The fourth-order valence-corrected chi connectivity index (χ4v) is 5.55. The van der Waals surface area contributed by atoms with E-state index in [0.29, 0.717) is 18.1 Å². The molecule has 164 valence electrons. The third-order valence-electron chi connectivity index (χ3n) is 7.72. The van der Waals surface area contributed by atoms with E-state index in [-0.39, 0.29) is 0 Å². The van der Waals surface area contributed by atoms with Gasteiger partial charge in [-0.2, -0.15) is 0 Å². The smallest absolute Gasteiger partial charge is 0.163 e. The third kappa shape index (κ3) is 4.56. The highest BCUT2D eigenvalue weighted by atomic mass is 16.1. The van der Waals surface area contributed by atoms with Gasteiger partial charge in [0.1, 0.15) is 0 Å². The molecule has 0 aromatic heterocycles. The number of rotatable bonds is 9. The van der Waals surface area contributed by atoms with Crippen LogP contribution in [0.25, 0.3) is 16.7 Å². The predicted octanol–water partition coefficient (Wildman–Crippen LogP) is 8.54. The Morgan fingerprint density at radius 3 is 2.65 bits per heavy atom. The first kappa shape index (κ1) is 22.1. The van der Waals surface area contributed by atoms with Crippen LogP contribution in [0.5, 0.6) is 0 Å². The number of ketones is 1. The van der Waals surface area contributed by atoms with Gasteiger partial charge in [0.25, 0.3) is 0 Å². The summed E-state index contributed by atoms with van der Waals surface area (Å²) in [4.78, 5) is 12.4. The average Bonchev–Trinajstić information content (AvgIpc) is 3.16. The Labute approximate surface area is 189 Å². The zero-order valence-electron chi connectivity index (χ0n) is 19.7. The van der Waals surface area contributed by atoms with Gasteiger partial charge in [-0.25, -0.2) is 0 Å². The molecule has 0 fully saturated rings. The van der Waals surface area contributed by atoms with Crippen molar-refractivity contribution in [3.63, 3.8) is 0 Å². The van der Waals surface area contributed by atoms with Gasteiger partial charge in [-0.15, -0.1) is 0 Å². The van der Waals surface area contributed by atoms with Crippen LogP contribution in [-0.4, -0.2) is 5.78 Å². The third-order valence-corrected chi connectivity index (χ3v) is 7.72. The van der Waals surface area contributed by atoms with E-state index in [1.54, 1.807) is 0 Å². The summed E-state index contributed by atoms with van der Waals surface area (Å²) in [5, 5.41) is 0. The van der Waals surface area contributed by atoms with Crippen molar-refractivity contribution in [2.45, 2.75) is 90.9 Å². The van der Waals surface area contributed by atoms with E-state index in [2.05, 4.69) is 57.7 Å². The fraction of sp³-hybridized carbons (Fsp3) is 0.500. The van der Waals surface area contributed by atoms with Crippen molar-refractivity contribution in [2.75, 3.05) is 0 Å². The van der Waals surface area contributed by atoms with Crippen molar-refractivity contribution in [1.29, 1.82) is 0 Å². The number of carbonyl (C=O) groups excluding carboxylic acids is 1. The van der Waals surface area contributed by atoms with E-state index < -0.39 is 0 Å². The standard InChI is InChI=1S/C30H38O/c1-5-21(4)10-8-6-7-9-11-23-18-24-13-12-22(20(2)3)19-28(24)30-25(23)14-15-26-27(30)16-17-29(26)31/h12-15,19,21,23H,2,5-11,16-18H2,1,3-4H3. The molecule has 0 saturated carbocycles. The Morgan fingerprint density at radius 2 is 1.87 bits per heavy atom. The maximum absolute atomic E-state index is 12.4. The van der Waals surface area contributed by atoms with Crippen LogP contribution in [0.3, 0.4) is 0 Å². The van der Waals surface area contributed by atoms with Crippen molar-refractivity contribution in [3.8, 4) is 11.1 Å². The van der Waals surface area contributed by atoms with Gasteiger partial charge in [-0.1, -0.05) is 88.8 Å². The second kappa shape index (κ2) is 9.55. The maximum Gasteiger partial charge on any atom is 0.163 e. The van der Waals surface area contributed by atoms with E-state index in [1.165, 1.54) is 78.3 Å². The van der Waals surface area contributed by atoms with E-state index in [1.807, 2.05) is 0 Å². The monoisotopic (exact) mass is 414 g/mol. The number of unbranched alkanes of at least 4 members (excludes halogenated alkanes) is 3. The first-order valence-corrected chi connectivity index (χ1v) is 12.5. The molecule has 0 saturated heterocycles. The highest BCUT2D eigenvalue weighted by molar-refractivity contribution is 6.03. The van der Waals surface area contributed by atoms with Crippen molar-refractivity contribution in [3.05, 3.63) is 64.7 Å². The summed E-state index contributed by atoms with van der Waals surface area (Å²) in [6.45, 7) is 10.9. The van der Waals surface area contributed by atoms with Crippen LogP contribution in [0.1, 0.15) is 111 Å². The van der Waals surface area contributed by atoms with Gasteiger partial charge in [0.05, 0.1) is 0 Å². The SMILES string of the molecule is C=C(C)c1ccc2c(c1)-c1c(ccc3c1CCC3=O)C(CCCCCCC(C)CC)C2. The lowest BCUT2D eigenvalue weighted by atomic mass is 9.74. The summed E-state index contributed by atoms with van der Waals surface area (Å²) in [5.74, 6) is 1.77. The number of allylic oxidation sites excluding steroid dienone is 1. The van der Waals surface area contributed by atoms with Gasteiger partial charge in [0.2, 0.25) is 0 Å². The molecule has 2 atom stereocenters. The summed E-state index contributed by atoms with van der Waals surface area (Å²) in [5.41, 5.74) is 10.3. The molecule has 2 aliphatic rings. The second-order valence-electron chi connectivity index (χ2n) is 10.0. The molecule has 0 bridgehead atoms. The lowest BCUT2D eigenvalue weighted by Crippen LogP contribution is -2.14. The number of hydrogen-bond acceptors (Lipinski definition) is 1. The molecule has 0 spiro atoms. The zero-order valence-corrected chi connectivity index (χ0v) is 19.7. The van der Waals surface area contributed by atoms with Crippen LogP contribution in [0, 0.1) is 5.92 Å². The number of benzene rings is 2. The number of fused-ring (bicyclic) bond motifs is 5. The lowest BCUT2D eigenvalue weighted by molar-refractivity contribution is 0.0994. The van der Waals surface area contributed by atoms with Gasteiger partial charge < -0.3 is 0 Å². The normalized spacial score (nSPS) is 17.8. The zero-order chi connectivity index (χ0) is 22.0. The lowest BCUT2D eigenvalue weighted by Gasteiger charge is -2.30. The summed E-state index contributed by atoms with van der Waals surface area (Å²) < 4.78 is 0. The van der Waals surface area contributed by atoms with Gasteiger partial charge in [0.15, 0.2) is 5.78 Å². The molecule has 0 aliphatic heterocycles. The molecule has 0 amide bonds. The maximum atomic E-state index is 12.4. The van der Waals surface area contributed by atoms with Gasteiger partial charge in [0, 0.05) is 12.0 Å². The van der Waals surface area contributed by atoms with Crippen LogP contribution in [0.2, 0.25) is 0 Å². The average molecular weight is 415 g/mol. The Bertz CT molecular complexity index is 980. The first-order chi connectivity index (χ1) is 15.0. The van der Waals surface area contributed by atoms with E-state index >= 15 is 0 Å². The fourth-order valence-electron chi connectivity index (χ4n) is 5.55. The molecule has 0 heterocycles. The minimum Gasteiger partial charge on any atom is -0.294 e. The van der Waals surface area contributed by atoms with E-state index in [0.717, 1.165) is 29.9 Å². The molecule has 1 heteroatoms. The van der Waals surface area contributed by atoms with E-state index in [9.17, 15) is 4.79 Å². The largest absolute Gasteiger partial charge is 0.294 e. The van der Waals surface area contributed by atoms with Gasteiger partial charge in [-0.3, -0.25) is 4.79 Å². The van der Waals surface area contributed by atoms with Crippen molar-refractivity contribution in [2.24, 2.45) is 5.92 Å². The topological polar surface area (TPSA) is 17.1 Å². The molecule has 31 heavy (non-hydrogen) atoms. The molecule has 2 aromatic rings. The number of carbonyl (C=O) groups is 1. The Kier molecular flexibility index (Phi) is 6.80. The quantitative estimate of drug-likeness (QED) is 0.376. The van der Waals surface area contributed by atoms with Crippen LogP contribution in [0.15, 0.2) is 36.9 Å². The summed E-state index contributed by atoms with van der Waals surface area (Å²) >= 11 is 0. The Balaban J connectivity index is 1.56. The van der Waals surface area contributed by atoms with Crippen molar-refractivity contribution >= 4 is 11.4 Å². The molecule has 4 rings (SSSR count). The first-order valence-electron chi connectivity index (χ1n) is 12.5. The number of hydrogen-bond donors (Lipinski definition) is 0. The number of Topliss-reactive ketones (excluding diaryl/α,β-unsaturated/α-hetero) is 1. The molecule has 2 unspecified atom stereocenters. The minimum atomic E-state index is 0.318. The molecule has 2 aromatic carbocycles. The van der Waals surface area contributed by atoms with Gasteiger partial charge in [-0.05, 0) is 77.5 Å². The second-order valence-corrected chi connectivity index (χ2v) is 10.0. The molecule has 2 aliphatic carbocycles. The molecule has 0 N–H and O–H groups in total. The summed E-state index contributed by atoms with van der Waals surface area (Å²) in [7, 11) is 0. The van der Waals surface area contributed by atoms with Crippen molar-refractivity contribution < 1.29 is 4.79 Å². The van der Waals surface area contributed by atoms with Gasteiger partial charge >= 0.3 is 0 Å². The van der Waals surface area contributed by atoms with Crippen LogP contribution in [-0.2, 0) is 12.8 Å². The Morgan fingerprint density at radius 1 is 1.06 bits per heavy atom. The molecular weight excluding hydrogens is 376 g/mol. The highest BCUT2D eigenvalue weighted by Gasteiger charge is 2.31. The molecule has 0 radical (unpaired) electrons. The minimum absolute atomic E-state index is 0.318. The Hall–Kier alpha value is -2.15. The molecular formula is C30H38O. The highest BCUT2D eigenvalue weighted by Crippen LogP contribution is 2.47. The predicted molar refractivity (Wildman–Crippen MR) is 133 cm³/mol. The summed E-state index contributed by atoms with van der Waals surface area (Å²) in [6.07, 6.45) is 12.0. The summed E-state index contributed by atoms with van der Waals surface area (Å²) in [6, 6.07) is 11.3. The van der Waals surface area contributed by atoms with Crippen LogP contribution >= 0.6 is 0 Å². The molecule has 1 nitrogen and oxygen atoms in total. The van der Waals surface area contributed by atoms with Crippen molar-refractivity contribution in [1.82, 2.24) is 0 Å².